The minimum absolute atomic E-state index is 0.0257. The molecule has 4 aromatic rings. The molecule has 2 aliphatic carbocycles. The highest BCUT2D eigenvalue weighted by atomic mass is 16.2. The van der Waals surface area contributed by atoms with Crippen LogP contribution < -0.4 is 10.9 Å². The van der Waals surface area contributed by atoms with E-state index in [1.807, 2.05) is 29.9 Å². The van der Waals surface area contributed by atoms with E-state index >= 15 is 0 Å². The highest BCUT2D eigenvalue weighted by Gasteiger charge is 2.29. The van der Waals surface area contributed by atoms with Gasteiger partial charge in [-0.15, -0.1) is 0 Å². The summed E-state index contributed by atoms with van der Waals surface area (Å²) >= 11 is 0. The summed E-state index contributed by atoms with van der Waals surface area (Å²) in [4.78, 5) is 47.0. The predicted octanol–water partition coefficient (Wildman–Crippen LogP) is 4.46. The Labute approximate surface area is 218 Å². The van der Waals surface area contributed by atoms with E-state index in [2.05, 4.69) is 21.4 Å². The molecule has 1 N–H and O–H groups in total. The third-order valence-electron chi connectivity index (χ3n) is 6.99. The highest BCUT2D eigenvalue weighted by Crippen LogP contribution is 2.42. The van der Waals surface area contributed by atoms with Gasteiger partial charge in [0.25, 0.3) is 11.5 Å². The number of carbonyl (C=O) groups is 2. The van der Waals surface area contributed by atoms with E-state index in [0.29, 0.717) is 29.4 Å². The lowest BCUT2D eigenvalue weighted by Crippen LogP contribution is -2.29. The van der Waals surface area contributed by atoms with Crippen LogP contribution in [0.2, 0.25) is 0 Å². The fraction of sp³-hybridized carbons (Fsp3) is 0.241. The molecule has 3 heterocycles. The molecule has 0 spiro atoms. The molecule has 2 saturated carbocycles. The molecule has 2 fully saturated rings. The van der Waals surface area contributed by atoms with E-state index < -0.39 is 11.5 Å². The number of benzene rings is 1. The lowest BCUT2D eigenvalue weighted by Gasteiger charge is -2.14. The number of imidazole rings is 1. The van der Waals surface area contributed by atoms with Crippen LogP contribution in [0.4, 0.5) is 5.82 Å². The summed E-state index contributed by atoms with van der Waals surface area (Å²) in [6, 6.07) is 12.8. The number of nitrogens with one attached hydrogen (secondary N) is 1. The van der Waals surface area contributed by atoms with Crippen molar-refractivity contribution in [1.29, 1.82) is 5.26 Å². The topological polar surface area (TPSA) is 123 Å². The molecular weight excluding hydrogens is 480 g/mol. The van der Waals surface area contributed by atoms with Crippen molar-refractivity contribution < 1.29 is 9.59 Å². The summed E-state index contributed by atoms with van der Waals surface area (Å²) in [5, 5.41) is 12.3. The standard InChI is InChI=1S/C29H24N6O3/c1-34-9-8-31-27(34)23-10-17(14-30)2-7-22(23)20-12-25(19-3-4-19)32-26(13-20)33-28(37)24-11-18(16-36)15-35(29(24)38)21-5-6-21/h2,7-13,15-16,19,21H,3-6H2,1H3,(H,32,33,37). The van der Waals surface area contributed by atoms with Gasteiger partial charge >= 0.3 is 0 Å². The van der Waals surface area contributed by atoms with Gasteiger partial charge in [0.05, 0.1) is 11.6 Å². The summed E-state index contributed by atoms with van der Waals surface area (Å²) in [5.41, 5.74) is 3.58. The van der Waals surface area contributed by atoms with Gasteiger partial charge in [0.2, 0.25) is 0 Å². The molecule has 1 aromatic carbocycles. The van der Waals surface area contributed by atoms with Gasteiger partial charge in [0.15, 0.2) is 6.29 Å². The average molecular weight is 505 g/mol. The molecule has 3 aromatic heterocycles. The Morgan fingerprint density at radius 2 is 1.95 bits per heavy atom. The molecule has 0 radical (unpaired) electrons. The predicted molar refractivity (Wildman–Crippen MR) is 141 cm³/mol. The normalized spacial score (nSPS) is 14.6. The van der Waals surface area contributed by atoms with Crippen LogP contribution in [0, 0.1) is 11.3 Å². The van der Waals surface area contributed by atoms with Gasteiger partial charge < -0.3 is 14.5 Å². The number of amides is 1. The molecule has 2 aliphatic rings. The second-order valence-corrected chi connectivity index (χ2v) is 9.88. The van der Waals surface area contributed by atoms with Crippen molar-refractivity contribution in [2.75, 3.05) is 5.32 Å². The van der Waals surface area contributed by atoms with Crippen molar-refractivity contribution in [3.8, 4) is 28.6 Å². The SMILES string of the molecule is Cn1ccnc1-c1cc(C#N)ccc1-c1cc(NC(=O)c2cc(C=O)cn(C3CC3)c2=O)nc(C2CC2)c1. The van der Waals surface area contributed by atoms with Crippen molar-refractivity contribution in [2.45, 2.75) is 37.6 Å². The third kappa shape index (κ3) is 4.41. The monoisotopic (exact) mass is 504 g/mol. The zero-order valence-electron chi connectivity index (χ0n) is 20.7. The van der Waals surface area contributed by atoms with Crippen molar-refractivity contribution in [3.63, 3.8) is 0 Å². The fourth-order valence-corrected chi connectivity index (χ4v) is 4.69. The average Bonchev–Trinajstić information content (AvgIpc) is 3.86. The van der Waals surface area contributed by atoms with E-state index in [0.717, 1.165) is 48.1 Å². The van der Waals surface area contributed by atoms with Crippen molar-refractivity contribution in [1.82, 2.24) is 19.1 Å². The van der Waals surface area contributed by atoms with Crippen LogP contribution in [-0.4, -0.2) is 31.3 Å². The smallest absolute Gasteiger partial charge is 0.263 e. The second-order valence-electron chi connectivity index (χ2n) is 9.88. The molecule has 1 amide bonds. The van der Waals surface area contributed by atoms with E-state index in [4.69, 9.17) is 0 Å². The zero-order chi connectivity index (χ0) is 26.4. The van der Waals surface area contributed by atoms with Gasteiger partial charge in [-0.3, -0.25) is 14.4 Å². The molecule has 6 rings (SSSR count). The summed E-state index contributed by atoms with van der Waals surface area (Å²) in [7, 11) is 1.89. The van der Waals surface area contributed by atoms with Gasteiger partial charge in [-0.2, -0.15) is 5.26 Å². The summed E-state index contributed by atoms with van der Waals surface area (Å²) < 4.78 is 3.37. The van der Waals surface area contributed by atoms with Gasteiger partial charge in [-0.25, -0.2) is 9.97 Å². The first-order valence-electron chi connectivity index (χ1n) is 12.5. The Kier molecular flexibility index (Phi) is 5.72. The Bertz CT molecular complexity index is 1700. The van der Waals surface area contributed by atoms with Crippen LogP contribution in [0.1, 0.15) is 69.6 Å². The van der Waals surface area contributed by atoms with Gasteiger partial charge in [0.1, 0.15) is 17.2 Å². The lowest BCUT2D eigenvalue weighted by atomic mass is 9.96. The molecule has 0 bridgehead atoms. The van der Waals surface area contributed by atoms with Gasteiger partial charge in [0, 0.05) is 54.4 Å². The molecule has 38 heavy (non-hydrogen) atoms. The minimum Gasteiger partial charge on any atom is -0.334 e. The number of aryl methyl sites for hydroxylation is 1. The van der Waals surface area contributed by atoms with Crippen molar-refractivity contribution in [2.24, 2.45) is 7.05 Å². The largest absolute Gasteiger partial charge is 0.334 e. The zero-order valence-corrected chi connectivity index (χ0v) is 20.7. The van der Waals surface area contributed by atoms with E-state index in [1.54, 1.807) is 24.4 Å². The van der Waals surface area contributed by atoms with Gasteiger partial charge in [-0.05, 0) is 67.1 Å². The fourth-order valence-electron chi connectivity index (χ4n) is 4.69. The Morgan fingerprint density at radius 3 is 2.61 bits per heavy atom. The summed E-state index contributed by atoms with van der Waals surface area (Å²) in [6.07, 6.45) is 9.41. The first-order valence-corrected chi connectivity index (χ1v) is 12.5. The van der Waals surface area contributed by atoms with Crippen LogP contribution in [0.25, 0.3) is 22.5 Å². The Morgan fingerprint density at radius 1 is 1.13 bits per heavy atom. The molecule has 0 saturated heterocycles. The number of aldehydes is 1. The number of hydrogen-bond donors (Lipinski definition) is 1. The maximum Gasteiger partial charge on any atom is 0.263 e. The number of nitriles is 1. The molecule has 0 atom stereocenters. The highest BCUT2D eigenvalue weighted by molar-refractivity contribution is 6.04. The Balaban J connectivity index is 1.43. The number of pyridine rings is 2. The second kappa shape index (κ2) is 9.23. The Hall–Kier alpha value is -4.84. The number of carbonyl (C=O) groups excluding carboxylic acids is 2. The van der Waals surface area contributed by atoms with Crippen LogP contribution >= 0.6 is 0 Å². The molecule has 188 valence electrons. The third-order valence-corrected chi connectivity index (χ3v) is 6.99. The van der Waals surface area contributed by atoms with E-state index in [1.165, 1.54) is 16.8 Å². The molecule has 9 nitrogen and oxygen atoms in total. The van der Waals surface area contributed by atoms with E-state index in [-0.39, 0.29) is 17.2 Å². The quantitative estimate of drug-likeness (QED) is 0.371. The molecular formula is C29H24N6O3. The summed E-state index contributed by atoms with van der Waals surface area (Å²) in [6.45, 7) is 0. The molecule has 0 unspecified atom stereocenters. The first-order chi connectivity index (χ1) is 18.4. The van der Waals surface area contributed by atoms with Crippen molar-refractivity contribution >= 4 is 18.0 Å². The number of rotatable bonds is 7. The molecule has 0 aliphatic heterocycles. The maximum atomic E-state index is 13.3. The number of hydrogen-bond acceptors (Lipinski definition) is 6. The number of anilines is 1. The molecule has 9 heteroatoms. The van der Waals surface area contributed by atoms with Crippen LogP contribution in [-0.2, 0) is 7.05 Å². The lowest BCUT2D eigenvalue weighted by molar-refractivity contribution is 0.102. The summed E-state index contributed by atoms with van der Waals surface area (Å²) in [5.74, 6) is 0.715. The minimum atomic E-state index is -0.608. The van der Waals surface area contributed by atoms with Crippen molar-refractivity contribution in [3.05, 3.63) is 87.7 Å². The van der Waals surface area contributed by atoms with Crippen LogP contribution in [0.15, 0.2) is 59.8 Å². The number of aromatic nitrogens is 4. The number of nitrogens with zero attached hydrogens (tertiary/aromatic N) is 5. The van der Waals surface area contributed by atoms with E-state index in [9.17, 15) is 19.6 Å². The first kappa shape index (κ1) is 23.6. The van der Waals surface area contributed by atoms with Gasteiger partial charge in [-0.1, -0.05) is 6.07 Å². The van der Waals surface area contributed by atoms with Crippen LogP contribution in [0.3, 0.4) is 0 Å². The van der Waals surface area contributed by atoms with Crippen LogP contribution in [0.5, 0.6) is 0 Å². The maximum absolute atomic E-state index is 13.3.